The highest BCUT2D eigenvalue weighted by atomic mass is 32.2. The van der Waals surface area contributed by atoms with Crippen LogP contribution in [0.2, 0.25) is 0 Å². The lowest BCUT2D eigenvalue weighted by Gasteiger charge is -2.43. The number of fused-ring (bicyclic) bond motifs is 2. The van der Waals surface area contributed by atoms with E-state index in [2.05, 4.69) is 0 Å². The summed E-state index contributed by atoms with van der Waals surface area (Å²) in [5, 5.41) is 7.12. The maximum Gasteiger partial charge on any atom is 0.490 e. The number of rotatable bonds is 3. The quantitative estimate of drug-likeness (QED) is 0.567. The van der Waals surface area contributed by atoms with E-state index in [9.17, 15) is 35.9 Å². The first-order valence-electron chi connectivity index (χ1n) is 11.1. The van der Waals surface area contributed by atoms with Crippen molar-refractivity contribution in [1.29, 1.82) is 0 Å². The molecule has 14 heteroatoms. The summed E-state index contributed by atoms with van der Waals surface area (Å²) >= 11 is 1.67. The molecule has 36 heavy (non-hydrogen) atoms. The van der Waals surface area contributed by atoms with Crippen molar-refractivity contribution in [2.24, 2.45) is 11.7 Å². The van der Waals surface area contributed by atoms with Crippen LogP contribution in [0, 0.1) is 5.92 Å². The van der Waals surface area contributed by atoms with Crippen LogP contribution in [0.3, 0.4) is 0 Å². The van der Waals surface area contributed by atoms with Crippen LogP contribution in [0.15, 0.2) is 24.3 Å². The van der Waals surface area contributed by atoms with Crippen molar-refractivity contribution in [3.63, 3.8) is 0 Å². The third-order valence-electron chi connectivity index (χ3n) is 6.54. The zero-order valence-electron chi connectivity index (χ0n) is 18.9. The van der Waals surface area contributed by atoms with Gasteiger partial charge in [-0.1, -0.05) is 0 Å². The summed E-state index contributed by atoms with van der Waals surface area (Å²) in [4.78, 5) is 38.4. The fourth-order valence-corrected chi connectivity index (χ4v) is 5.75. The van der Waals surface area contributed by atoms with Gasteiger partial charge in [-0.3, -0.25) is 9.59 Å². The first kappa shape index (κ1) is 28.1. The normalized spacial score (nSPS) is 24.7. The van der Waals surface area contributed by atoms with Gasteiger partial charge in [0.05, 0.1) is 17.5 Å². The van der Waals surface area contributed by atoms with Crippen molar-refractivity contribution >= 4 is 29.5 Å². The molecule has 4 rings (SSSR count). The molecule has 3 unspecified atom stereocenters. The van der Waals surface area contributed by atoms with Crippen molar-refractivity contribution < 1.29 is 45.8 Å². The molecule has 3 aliphatic rings. The summed E-state index contributed by atoms with van der Waals surface area (Å²) in [6.07, 6.45) is -6.18. The van der Waals surface area contributed by atoms with Crippen LogP contribution in [0.25, 0.3) is 0 Å². The van der Waals surface area contributed by atoms with Gasteiger partial charge in [0.15, 0.2) is 0 Å². The number of carbonyl (C=O) groups is 3. The molecule has 2 heterocycles. The Morgan fingerprint density at radius 2 is 1.64 bits per heavy atom. The number of halogens is 6. The van der Waals surface area contributed by atoms with Gasteiger partial charge >= 0.3 is 18.3 Å². The standard InChI is InChI=1S/C20H24F3N3O2S.C2HF3O2/c21-20(22,23)14-4-2-13(3-5-14)18(27)26-15-6-1-12(9-15)10-16(26)17(24)19(28)25-7-8-29-11-25;3-2(4,5)1(6)7/h2-5,12,15-17H,1,6-11,24H2;(H,6,7)/t12?,15?,16?,17-;/m0./s1. The van der Waals surface area contributed by atoms with Crippen LogP contribution in [0.1, 0.15) is 41.6 Å². The van der Waals surface area contributed by atoms with Gasteiger partial charge in [0.1, 0.15) is 6.04 Å². The van der Waals surface area contributed by atoms with E-state index in [1.54, 1.807) is 21.6 Å². The molecule has 2 aliphatic heterocycles. The number of carboxylic acid groups (broad SMARTS) is 1. The highest BCUT2D eigenvalue weighted by Crippen LogP contribution is 2.41. The molecule has 1 aromatic rings. The van der Waals surface area contributed by atoms with Crippen molar-refractivity contribution in [2.45, 2.75) is 56.2 Å². The lowest BCUT2D eigenvalue weighted by Crippen LogP contribution is -2.61. The summed E-state index contributed by atoms with van der Waals surface area (Å²) in [5.74, 6) is -1.32. The SMILES string of the molecule is N[C@H](C(=O)N1CCSC1)C1CC2CCC(C2)N1C(=O)c1ccc(C(F)(F)F)cc1.O=C(O)C(F)(F)F. The van der Waals surface area contributed by atoms with Crippen LogP contribution >= 0.6 is 11.8 Å². The number of alkyl halides is 6. The molecule has 4 atom stereocenters. The largest absolute Gasteiger partial charge is 0.490 e. The number of carbonyl (C=O) groups excluding carboxylic acids is 2. The highest BCUT2D eigenvalue weighted by molar-refractivity contribution is 7.99. The highest BCUT2D eigenvalue weighted by Gasteiger charge is 2.47. The Bertz CT molecular complexity index is 966. The Hall–Kier alpha value is -2.48. The minimum absolute atomic E-state index is 0.0136. The Kier molecular flexibility index (Phi) is 8.48. The van der Waals surface area contributed by atoms with E-state index in [-0.39, 0.29) is 23.4 Å². The van der Waals surface area contributed by atoms with E-state index in [1.807, 2.05) is 0 Å². The fourth-order valence-electron chi connectivity index (χ4n) is 4.79. The number of carboxylic acids is 1. The minimum Gasteiger partial charge on any atom is -0.475 e. The lowest BCUT2D eigenvalue weighted by atomic mass is 9.87. The summed E-state index contributed by atoms with van der Waals surface area (Å²) in [6.45, 7) is 0.656. The number of nitrogens with two attached hydrogens (primary N) is 1. The molecule has 2 bridgehead atoms. The number of aliphatic carboxylic acids is 1. The van der Waals surface area contributed by atoms with Gasteiger partial charge in [0, 0.05) is 23.9 Å². The van der Waals surface area contributed by atoms with Gasteiger partial charge in [0.2, 0.25) is 5.91 Å². The molecular weight excluding hydrogens is 516 g/mol. The summed E-state index contributed by atoms with van der Waals surface area (Å²) in [5.41, 5.74) is 5.78. The summed E-state index contributed by atoms with van der Waals surface area (Å²) in [7, 11) is 0. The van der Waals surface area contributed by atoms with Crippen molar-refractivity contribution in [2.75, 3.05) is 18.2 Å². The lowest BCUT2D eigenvalue weighted by molar-refractivity contribution is -0.192. The number of thioether (sulfide) groups is 1. The number of benzene rings is 1. The van der Waals surface area contributed by atoms with Crippen molar-refractivity contribution in [1.82, 2.24) is 9.80 Å². The van der Waals surface area contributed by atoms with E-state index in [0.29, 0.717) is 24.8 Å². The second-order valence-electron chi connectivity index (χ2n) is 8.89. The summed E-state index contributed by atoms with van der Waals surface area (Å²) in [6, 6.07) is 3.04. The Morgan fingerprint density at radius 1 is 1.03 bits per heavy atom. The number of amides is 2. The van der Waals surface area contributed by atoms with Crippen LogP contribution < -0.4 is 5.73 Å². The molecule has 0 radical (unpaired) electrons. The van der Waals surface area contributed by atoms with Gasteiger partial charge in [-0.25, -0.2) is 4.79 Å². The molecule has 1 aliphatic carbocycles. The number of hydrogen-bond donors (Lipinski definition) is 2. The van der Waals surface area contributed by atoms with Crippen molar-refractivity contribution in [3.8, 4) is 0 Å². The summed E-state index contributed by atoms with van der Waals surface area (Å²) < 4.78 is 70.3. The Morgan fingerprint density at radius 3 is 2.14 bits per heavy atom. The molecular formula is C22H25F6N3O4S. The van der Waals surface area contributed by atoms with E-state index >= 15 is 0 Å². The second-order valence-corrected chi connectivity index (χ2v) is 9.97. The minimum atomic E-state index is -5.08. The molecule has 3 N–H and O–H groups in total. The predicted octanol–water partition coefficient (Wildman–Crippen LogP) is 3.58. The van der Waals surface area contributed by atoms with Gasteiger partial charge in [0.25, 0.3) is 5.91 Å². The molecule has 2 amide bonds. The molecule has 0 spiro atoms. The van der Waals surface area contributed by atoms with Gasteiger partial charge in [-0.2, -0.15) is 26.3 Å². The third-order valence-corrected chi connectivity index (χ3v) is 7.50. The Balaban J connectivity index is 0.000000454. The molecule has 200 valence electrons. The molecule has 2 saturated heterocycles. The molecule has 3 fully saturated rings. The van der Waals surface area contributed by atoms with Crippen LogP contribution in [0.5, 0.6) is 0 Å². The smallest absolute Gasteiger partial charge is 0.475 e. The molecule has 1 saturated carbocycles. The first-order chi connectivity index (χ1) is 16.7. The van der Waals surface area contributed by atoms with Gasteiger partial charge in [-0.05, 0) is 55.9 Å². The van der Waals surface area contributed by atoms with Gasteiger partial charge in [-0.15, -0.1) is 11.8 Å². The zero-order chi connectivity index (χ0) is 26.8. The zero-order valence-corrected chi connectivity index (χ0v) is 19.7. The van der Waals surface area contributed by atoms with E-state index < -0.39 is 36.0 Å². The number of piperidine rings is 1. The predicted molar refractivity (Wildman–Crippen MR) is 118 cm³/mol. The molecule has 1 aromatic carbocycles. The van der Waals surface area contributed by atoms with E-state index in [0.717, 1.165) is 37.1 Å². The van der Waals surface area contributed by atoms with E-state index in [4.69, 9.17) is 15.6 Å². The topological polar surface area (TPSA) is 104 Å². The van der Waals surface area contributed by atoms with Crippen molar-refractivity contribution in [3.05, 3.63) is 35.4 Å². The van der Waals surface area contributed by atoms with Crippen LogP contribution in [-0.4, -0.2) is 75.2 Å². The fraction of sp³-hybridized carbons (Fsp3) is 0.591. The van der Waals surface area contributed by atoms with Crippen LogP contribution in [0.4, 0.5) is 26.3 Å². The number of likely N-dealkylation sites (tertiary alicyclic amines) is 1. The monoisotopic (exact) mass is 541 g/mol. The van der Waals surface area contributed by atoms with Crippen LogP contribution in [-0.2, 0) is 15.8 Å². The average Bonchev–Trinajstić information content (AvgIpc) is 3.47. The maximum absolute atomic E-state index is 13.3. The van der Waals surface area contributed by atoms with Gasteiger partial charge < -0.3 is 20.6 Å². The number of hydrogen-bond acceptors (Lipinski definition) is 5. The number of nitrogens with zero attached hydrogens (tertiary/aromatic N) is 2. The first-order valence-corrected chi connectivity index (χ1v) is 12.3. The Labute approximate surface area is 207 Å². The molecule has 0 aromatic heterocycles. The van der Waals surface area contributed by atoms with E-state index in [1.165, 1.54) is 12.1 Å². The average molecular weight is 542 g/mol. The third kappa shape index (κ3) is 6.44. The second kappa shape index (κ2) is 10.9. The maximum atomic E-state index is 13.3. The molecule has 7 nitrogen and oxygen atoms in total.